The van der Waals surface area contributed by atoms with E-state index in [1.54, 1.807) is 4.31 Å². The van der Waals surface area contributed by atoms with Crippen LogP contribution in [0, 0.1) is 11.3 Å². The molecule has 102 valence electrons. The van der Waals surface area contributed by atoms with E-state index in [1.807, 2.05) is 0 Å². The molecule has 0 aromatic heterocycles. The van der Waals surface area contributed by atoms with Crippen LogP contribution in [0.3, 0.4) is 0 Å². The van der Waals surface area contributed by atoms with Crippen molar-refractivity contribution in [2.45, 2.75) is 40.0 Å². The van der Waals surface area contributed by atoms with E-state index in [9.17, 15) is 8.42 Å². The molecular formula is C12H24BrNO2S. The van der Waals surface area contributed by atoms with Crippen LogP contribution in [0.4, 0.5) is 0 Å². The third kappa shape index (κ3) is 5.26. The number of nitrogens with zero attached hydrogens (tertiary/aromatic N) is 1. The van der Waals surface area contributed by atoms with Crippen LogP contribution in [0.1, 0.15) is 40.0 Å². The van der Waals surface area contributed by atoms with Crippen molar-refractivity contribution in [3.63, 3.8) is 0 Å². The maximum atomic E-state index is 12.1. The van der Waals surface area contributed by atoms with Gasteiger partial charge in [-0.2, -0.15) is 0 Å². The van der Waals surface area contributed by atoms with Crippen LogP contribution in [0.5, 0.6) is 0 Å². The number of piperidine rings is 1. The van der Waals surface area contributed by atoms with E-state index in [0.29, 0.717) is 19.0 Å². The van der Waals surface area contributed by atoms with E-state index in [0.717, 1.165) is 24.6 Å². The maximum absolute atomic E-state index is 12.1. The summed E-state index contributed by atoms with van der Waals surface area (Å²) in [5.41, 5.74) is 0.0846. The summed E-state index contributed by atoms with van der Waals surface area (Å²) in [5, 5.41) is 0.989. The molecule has 0 aliphatic carbocycles. The van der Waals surface area contributed by atoms with E-state index in [1.165, 1.54) is 0 Å². The summed E-state index contributed by atoms with van der Waals surface area (Å²) < 4.78 is 26.0. The Hall–Kier alpha value is 0.390. The number of hydrogen-bond acceptors (Lipinski definition) is 2. The zero-order chi connectivity index (χ0) is 13.1. The number of alkyl halides is 1. The first-order chi connectivity index (χ1) is 7.74. The third-order valence-electron chi connectivity index (χ3n) is 3.30. The Morgan fingerprint density at radius 1 is 1.24 bits per heavy atom. The molecule has 0 spiro atoms. The first-order valence-corrected chi connectivity index (χ1v) is 9.01. The van der Waals surface area contributed by atoms with E-state index < -0.39 is 10.0 Å². The molecule has 1 rings (SSSR count). The molecule has 3 nitrogen and oxygen atoms in total. The van der Waals surface area contributed by atoms with Crippen LogP contribution in [-0.4, -0.2) is 36.9 Å². The summed E-state index contributed by atoms with van der Waals surface area (Å²) in [6.45, 7) is 7.64. The largest absolute Gasteiger partial charge is 0.214 e. The molecule has 1 aliphatic rings. The van der Waals surface area contributed by atoms with Crippen molar-refractivity contribution < 1.29 is 8.42 Å². The van der Waals surface area contributed by atoms with Crippen molar-refractivity contribution >= 4 is 26.0 Å². The van der Waals surface area contributed by atoms with E-state index in [4.69, 9.17) is 0 Å². The lowest BCUT2D eigenvalue weighted by Crippen LogP contribution is -2.40. The van der Waals surface area contributed by atoms with Crippen LogP contribution >= 0.6 is 15.9 Å². The molecule has 1 fully saturated rings. The molecule has 5 heteroatoms. The smallest absolute Gasteiger partial charge is 0.212 e. The van der Waals surface area contributed by atoms with Gasteiger partial charge in [0, 0.05) is 18.4 Å². The third-order valence-corrected chi connectivity index (χ3v) is 6.08. The van der Waals surface area contributed by atoms with Crippen molar-refractivity contribution in [2.24, 2.45) is 11.3 Å². The highest BCUT2D eigenvalue weighted by atomic mass is 79.9. The number of halogens is 1. The first kappa shape index (κ1) is 15.4. The Labute approximate surface area is 114 Å². The molecule has 0 bridgehead atoms. The van der Waals surface area contributed by atoms with Crippen molar-refractivity contribution in [1.82, 2.24) is 4.31 Å². The monoisotopic (exact) mass is 325 g/mol. The molecule has 0 aromatic rings. The van der Waals surface area contributed by atoms with Gasteiger partial charge in [0.05, 0.1) is 5.75 Å². The van der Waals surface area contributed by atoms with Gasteiger partial charge in [-0.05, 0) is 30.6 Å². The molecule has 1 aliphatic heterocycles. The minimum Gasteiger partial charge on any atom is -0.212 e. The molecule has 17 heavy (non-hydrogen) atoms. The highest BCUT2D eigenvalue weighted by Crippen LogP contribution is 2.24. The average Bonchev–Trinajstić information content (AvgIpc) is 2.26. The van der Waals surface area contributed by atoms with Gasteiger partial charge in [-0.25, -0.2) is 12.7 Å². The summed E-state index contributed by atoms with van der Waals surface area (Å²) in [5.74, 6) is 0.930. The zero-order valence-electron chi connectivity index (χ0n) is 11.1. The fourth-order valence-electron chi connectivity index (χ4n) is 1.91. The SMILES string of the molecule is CC(C)(C)CCS(=O)(=O)N1CCC(CBr)CC1. The van der Waals surface area contributed by atoms with Crippen LogP contribution < -0.4 is 0 Å². The number of hydrogen-bond donors (Lipinski definition) is 0. The zero-order valence-corrected chi connectivity index (χ0v) is 13.5. The van der Waals surface area contributed by atoms with Gasteiger partial charge in [0.15, 0.2) is 0 Å². The van der Waals surface area contributed by atoms with Crippen molar-refractivity contribution in [3.8, 4) is 0 Å². The van der Waals surface area contributed by atoms with Gasteiger partial charge < -0.3 is 0 Å². The fourth-order valence-corrected chi connectivity index (χ4v) is 4.45. The fraction of sp³-hybridized carbons (Fsp3) is 1.00. The summed E-state index contributed by atoms with van der Waals surface area (Å²) in [6.07, 6.45) is 2.70. The Morgan fingerprint density at radius 2 is 1.76 bits per heavy atom. The van der Waals surface area contributed by atoms with Crippen LogP contribution in [0.15, 0.2) is 0 Å². The molecule has 0 aromatic carbocycles. The normalized spacial score (nSPS) is 20.7. The van der Waals surface area contributed by atoms with Gasteiger partial charge in [0.1, 0.15) is 0 Å². The quantitative estimate of drug-likeness (QED) is 0.745. The highest BCUT2D eigenvalue weighted by Gasteiger charge is 2.28. The van der Waals surface area contributed by atoms with E-state index >= 15 is 0 Å². The minimum atomic E-state index is -3.03. The molecule has 1 heterocycles. The van der Waals surface area contributed by atoms with Crippen molar-refractivity contribution in [1.29, 1.82) is 0 Å². The second-order valence-corrected chi connectivity index (χ2v) is 8.86. The molecule has 0 amide bonds. The van der Waals surface area contributed by atoms with Crippen LogP contribution in [-0.2, 0) is 10.0 Å². The molecule has 0 N–H and O–H groups in total. The second-order valence-electron chi connectivity index (χ2n) is 6.12. The molecule has 0 radical (unpaired) electrons. The summed E-state index contributed by atoms with van der Waals surface area (Å²) in [4.78, 5) is 0. The van der Waals surface area contributed by atoms with Crippen molar-refractivity contribution in [2.75, 3.05) is 24.2 Å². The lowest BCUT2D eigenvalue weighted by molar-refractivity contribution is 0.289. The molecule has 0 saturated carbocycles. The minimum absolute atomic E-state index is 0.0846. The van der Waals surface area contributed by atoms with Gasteiger partial charge in [-0.15, -0.1) is 0 Å². The number of sulfonamides is 1. The van der Waals surface area contributed by atoms with E-state index in [2.05, 4.69) is 36.7 Å². The molecular weight excluding hydrogens is 302 g/mol. The molecule has 0 atom stereocenters. The predicted molar refractivity (Wildman–Crippen MR) is 75.9 cm³/mol. The standard InChI is InChI=1S/C12H24BrNO2S/c1-12(2,3)6-9-17(15,16)14-7-4-11(10-13)5-8-14/h11H,4-10H2,1-3H3. The van der Waals surface area contributed by atoms with Gasteiger partial charge in [-0.1, -0.05) is 36.7 Å². The Balaban J connectivity index is 2.49. The van der Waals surface area contributed by atoms with Gasteiger partial charge >= 0.3 is 0 Å². The Bertz CT molecular complexity index is 327. The van der Waals surface area contributed by atoms with Crippen LogP contribution in [0.25, 0.3) is 0 Å². The lowest BCUT2D eigenvalue weighted by Gasteiger charge is -2.31. The van der Waals surface area contributed by atoms with Crippen molar-refractivity contribution in [3.05, 3.63) is 0 Å². The summed E-state index contributed by atoms with van der Waals surface area (Å²) in [7, 11) is -3.03. The first-order valence-electron chi connectivity index (χ1n) is 6.28. The average molecular weight is 326 g/mol. The topological polar surface area (TPSA) is 37.4 Å². The molecule has 0 unspecified atom stereocenters. The lowest BCUT2D eigenvalue weighted by atomic mass is 9.94. The van der Waals surface area contributed by atoms with Crippen LogP contribution in [0.2, 0.25) is 0 Å². The van der Waals surface area contributed by atoms with Gasteiger partial charge in [-0.3, -0.25) is 0 Å². The maximum Gasteiger partial charge on any atom is 0.214 e. The second kappa shape index (κ2) is 6.02. The predicted octanol–water partition coefficient (Wildman–Crippen LogP) is 2.86. The highest BCUT2D eigenvalue weighted by molar-refractivity contribution is 9.09. The summed E-state index contributed by atoms with van der Waals surface area (Å²) >= 11 is 3.47. The molecule has 1 saturated heterocycles. The number of rotatable bonds is 4. The summed E-state index contributed by atoms with van der Waals surface area (Å²) in [6, 6.07) is 0. The Morgan fingerprint density at radius 3 is 2.18 bits per heavy atom. The van der Waals surface area contributed by atoms with Gasteiger partial charge in [0.2, 0.25) is 10.0 Å². The Kier molecular flexibility index (Phi) is 5.47. The van der Waals surface area contributed by atoms with Gasteiger partial charge in [0.25, 0.3) is 0 Å². The van der Waals surface area contributed by atoms with E-state index in [-0.39, 0.29) is 11.2 Å².